The number of halogens is 2. The minimum Gasteiger partial charge on any atom is -0.396 e. The number of hydrogen-bond donors (Lipinski definition) is 2. The molecule has 84 valence electrons. The van der Waals surface area contributed by atoms with Gasteiger partial charge in [0.15, 0.2) is 0 Å². The number of aliphatic hydroxyl groups is 1. The van der Waals surface area contributed by atoms with Crippen LogP contribution in [0.15, 0.2) is 14.3 Å². The smallest absolute Gasteiger partial charge is 0.0843 e. The summed E-state index contributed by atoms with van der Waals surface area (Å²) in [5.41, 5.74) is 0.200. The van der Waals surface area contributed by atoms with Gasteiger partial charge in [0.25, 0.3) is 0 Å². The van der Waals surface area contributed by atoms with Crippen LogP contribution in [0.25, 0.3) is 0 Å². The molecule has 2 nitrogen and oxygen atoms in total. The second-order valence-corrected chi connectivity index (χ2v) is 7.41. The summed E-state index contributed by atoms with van der Waals surface area (Å²) in [6.45, 7) is 2.13. The van der Waals surface area contributed by atoms with Crippen molar-refractivity contribution in [1.29, 1.82) is 0 Å². The molecule has 15 heavy (non-hydrogen) atoms. The fourth-order valence-corrected chi connectivity index (χ4v) is 3.64. The third kappa shape index (κ3) is 3.03. The molecule has 0 saturated heterocycles. The van der Waals surface area contributed by atoms with E-state index in [9.17, 15) is 0 Å². The predicted octanol–water partition coefficient (Wildman–Crippen LogP) is 3.14. The molecule has 0 atom stereocenters. The van der Waals surface area contributed by atoms with Crippen molar-refractivity contribution in [2.45, 2.75) is 19.4 Å². The lowest BCUT2D eigenvalue weighted by Crippen LogP contribution is -2.25. The van der Waals surface area contributed by atoms with E-state index in [4.69, 9.17) is 5.11 Å². The number of rotatable bonds is 5. The van der Waals surface area contributed by atoms with Crippen LogP contribution in [0.5, 0.6) is 0 Å². The highest BCUT2D eigenvalue weighted by Crippen LogP contribution is 2.44. The molecule has 0 bridgehead atoms. The topological polar surface area (TPSA) is 32.3 Å². The molecule has 2 rings (SSSR count). The van der Waals surface area contributed by atoms with Crippen molar-refractivity contribution in [2.24, 2.45) is 5.41 Å². The first-order chi connectivity index (χ1) is 7.15. The standard InChI is InChI=1S/C10H13Br2NOS/c11-8-3-7(15-9(8)12)4-13-5-10(6-14)1-2-10/h3,13-14H,1-2,4-6H2. The molecule has 0 amide bonds. The van der Waals surface area contributed by atoms with Crippen molar-refractivity contribution in [2.75, 3.05) is 13.2 Å². The summed E-state index contributed by atoms with van der Waals surface area (Å²) in [7, 11) is 0. The van der Waals surface area contributed by atoms with Crippen LogP contribution < -0.4 is 5.32 Å². The van der Waals surface area contributed by atoms with Gasteiger partial charge in [-0.15, -0.1) is 11.3 Å². The molecule has 1 aliphatic rings. The molecular weight excluding hydrogens is 342 g/mol. The van der Waals surface area contributed by atoms with Gasteiger partial charge in [0.1, 0.15) is 0 Å². The molecule has 5 heteroatoms. The molecule has 2 N–H and O–H groups in total. The zero-order chi connectivity index (χ0) is 10.9. The summed E-state index contributed by atoms with van der Waals surface area (Å²) in [5, 5.41) is 12.6. The van der Waals surface area contributed by atoms with Gasteiger partial charge in [-0.25, -0.2) is 0 Å². The predicted molar refractivity (Wildman–Crippen MR) is 70.2 cm³/mol. The van der Waals surface area contributed by atoms with Crippen molar-refractivity contribution in [1.82, 2.24) is 5.32 Å². The lowest BCUT2D eigenvalue weighted by Gasteiger charge is -2.11. The maximum Gasteiger partial charge on any atom is 0.0843 e. The van der Waals surface area contributed by atoms with Crippen LogP contribution >= 0.6 is 43.2 Å². The minimum absolute atomic E-state index is 0.200. The maximum absolute atomic E-state index is 9.15. The van der Waals surface area contributed by atoms with Gasteiger partial charge in [-0.05, 0) is 50.8 Å². The van der Waals surface area contributed by atoms with Crippen LogP contribution in [0.3, 0.4) is 0 Å². The Kier molecular flexibility index (Phi) is 3.88. The average molecular weight is 355 g/mol. The van der Waals surface area contributed by atoms with Crippen molar-refractivity contribution in [3.05, 3.63) is 19.2 Å². The Morgan fingerprint density at radius 2 is 2.20 bits per heavy atom. The molecule has 0 unspecified atom stereocenters. The Morgan fingerprint density at radius 3 is 2.67 bits per heavy atom. The van der Waals surface area contributed by atoms with E-state index in [2.05, 4.69) is 43.2 Å². The van der Waals surface area contributed by atoms with Gasteiger partial charge in [0.05, 0.1) is 3.79 Å². The average Bonchev–Trinajstić information content (AvgIpc) is 2.91. The first-order valence-corrected chi connectivity index (χ1v) is 7.31. The van der Waals surface area contributed by atoms with Crippen molar-refractivity contribution >= 4 is 43.2 Å². The highest BCUT2D eigenvalue weighted by atomic mass is 79.9. The minimum atomic E-state index is 0.200. The molecule has 1 aliphatic carbocycles. The molecule has 0 spiro atoms. The van der Waals surface area contributed by atoms with Gasteiger partial charge in [-0.2, -0.15) is 0 Å². The van der Waals surface area contributed by atoms with E-state index in [0.717, 1.165) is 34.2 Å². The van der Waals surface area contributed by atoms with Crippen LogP contribution in [0, 0.1) is 5.41 Å². The molecule has 0 aliphatic heterocycles. The van der Waals surface area contributed by atoms with Gasteiger partial charge in [0, 0.05) is 34.5 Å². The molecular formula is C10H13Br2NOS. The largest absolute Gasteiger partial charge is 0.396 e. The van der Waals surface area contributed by atoms with Gasteiger partial charge < -0.3 is 10.4 Å². The molecule has 1 heterocycles. The molecule has 0 aromatic carbocycles. The summed E-state index contributed by atoms with van der Waals surface area (Å²) < 4.78 is 2.26. The number of hydrogen-bond acceptors (Lipinski definition) is 3. The lowest BCUT2D eigenvalue weighted by molar-refractivity contribution is 0.207. The summed E-state index contributed by atoms with van der Waals surface area (Å²) in [6, 6.07) is 2.13. The monoisotopic (exact) mass is 353 g/mol. The molecule has 1 aromatic heterocycles. The first kappa shape index (κ1) is 12.0. The summed E-state index contributed by atoms with van der Waals surface area (Å²) in [6.07, 6.45) is 2.32. The second kappa shape index (κ2) is 4.84. The Bertz CT molecular complexity index is 330. The van der Waals surface area contributed by atoms with Gasteiger partial charge >= 0.3 is 0 Å². The third-order valence-electron chi connectivity index (χ3n) is 2.79. The number of thiophene rings is 1. The fourth-order valence-electron chi connectivity index (χ4n) is 1.50. The fraction of sp³-hybridized carbons (Fsp3) is 0.600. The van der Waals surface area contributed by atoms with Gasteiger partial charge in [-0.3, -0.25) is 0 Å². The van der Waals surface area contributed by atoms with Crippen LogP contribution in [0.4, 0.5) is 0 Å². The zero-order valence-electron chi connectivity index (χ0n) is 8.22. The number of nitrogens with one attached hydrogen (secondary N) is 1. The van der Waals surface area contributed by atoms with Crippen LogP contribution in [0.2, 0.25) is 0 Å². The van der Waals surface area contributed by atoms with Crippen LogP contribution in [-0.2, 0) is 6.54 Å². The Morgan fingerprint density at radius 1 is 1.47 bits per heavy atom. The van der Waals surface area contributed by atoms with Crippen molar-refractivity contribution in [3.63, 3.8) is 0 Å². The molecule has 1 saturated carbocycles. The number of aliphatic hydroxyl groups excluding tert-OH is 1. The van der Waals surface area contributed by atoms with E-state index in [1.165, 1.54) is 4.88 Å². The maximum atomic E-state index is 9.15. The van der Waals surface area contributed by atoms with E-state index >= 15 is 0 Å². The van der Waals surface area contributed by atoms with E-state index in [-0.39, 0.29) is 5.41 Å². The van der Waals surface area contributed by atoms with Crippen LogP contribution in [-0.4, -0.2) is 18.3 Å². The Hall–Kier alpha value is 0.580. The quantitative estimate of drug-likeness (QED) is 0.851. The van der Waals surface area contributed by atoms with E-state index in [0.29, 0.717) is 6.61 Å². The second-order valence-electron chi connectivity index (χ2n) is 4.10. The van der Waals surface area contributed by atoms with E-state index in [1.807, 2.05) is 0 Å². The Labute approximate surface area is 110 Å². The lowest BCUT2D eigenvalue weighted by atomic mass is 10.1. The molecule has 1 aromatic rings. The Balaban J connectivity index is 1.78. The van der Waals surface area contributed by atoms with E-state index in [1.54, 1.807) is 11.3 Å². The highest BCUT2D eigenvalue weighted by molar-refractivity contribution is 9.13. The molecule has 1 fully saturated rings. The summed E-state index contributed by atoms with van der Waals surface area (Å²) in [5.74, 6) is 0. The van der Waals surface area contributed by atoms with Crippen molar-refractivity contribution in [3.8, 4) is 0 Å². The van der Waals surface area contributed by atoms with Gasteiger partial charge in [-0.1, -0.05) is 0 Å². The first-order valence-electron chi connectivity index (χ1n) is 4.90. The normalized spacial score (nSPS) is 18.1. The molecule has 0 radical (unpaired) electrons. The summed E-state index contributed by atoms with van der Waals surface area (Å²) >= 11 is 8.68. The summed E-state index contributed by atoms with van der Waals surface area (Å²) in [4.78, 5) is 1.31. The van der Waals surface area contributed by atoms with Gasteiger partial charge in [0.2, 0.25) is 0 Å². The zero-order valence-corrected chi connectivity index (χ0v) is 12.2. The third-order valence-corrected chi connectivity index (χ3v) is 6.04. The SMILES string of the molecule is OCC1(CNCc2cc(Br)c(Br)s2)CC1. The van der Waals surface area contributed by atoms with Crippen LogP contribution in [0.1, 0.15) is 17.7 Å². The van der Waals surface area contributed by atoms with E-state index < -0.39 is 0 Å². The highest BCUT2D eigenvalue weighted by Gasteiger charge is 2.41. The van der Waals surface area contributed by atoms with Crippen molar-refractivity contribution < 1.29 is 5.11 Å².